The molecule has 0 bridgehead atoms. The molecule has 0 amide bonds. The van der Waals surface area contributed by atoms with Crippen LogP contribution >= 0.6 is 0 Å². The average Bonchev–Trinajstić information content (AvgIpc) is 3.12. The summed E-state index contributed by atoms with van der Waals surface area (Å²) in [6.45, 7) is 2.50. The summed E-state index contributed by atoms with van der Waals surface area (Å²) in [4.78, 5) is 12.0. The van der Waals surface area contributed by atoms with E-state index in [1.54, 1.807) is 0 Å². The Bertz CT molecular complexity index is 423. The van der Waals surface area contributed by atoms with E-state index in [0.29, 0.717) is 6.61 Å². The molecule has 0 radical (unpaired) electrons. The van der Waals surface area contributed by atoms with Crippen molar-refractivity contribution in [3.05, 3.63) is 35.9 Å². The Morgan fingerprint density at radius 1 is 1.28 bits per heavy atom. The van der Waals surface area contributed by atoms with Gasteiger partial charge in [-0.25, -0.2) is 0 Å². The number of hydrogen-bond acceptors (Lipinski definition) is 3. The molecule has 96 valence electrons. The van der Waals surface area contributed by atoms with Gasteiger partial charge in [0.2, 0.25) is 0 Å². The lowest BCUT2D eigenvalue weighted by molar-refractivity contribution is -0.147. The Morgan fingerprint density at radius 3 is 2.72 bits per heavy atom. The fourth-order valence-corrected chi connectivity index (χ4v) is 2.99. The van der Waals surface area contributed by atoms with Crippen molar-refractivity contribution in [3.8, 4) is 0 Å². The Morgan fingerprint density at radius 2 is 2.00 bits per heavy atom. The molecule has 1 aliphatic carbocycles. The molecule has 1 spiro atoms. The Balaban J connectivity index is 1.51. The van der Waals surface area contributed by atoms with E-state index in [4.69, 9.17) is 4.74 Å². The maximum atomic E-state index is 12.0. The lowest BCUT2D eigenvalue weighted by Crippen LogP contribution is -2.31. The highest BCUT2D eigenvalue weighted by atomic mass is 16.5. The number of hydrogen-bond donors (Lipinski definition) is 1. The molecule has 1 atom stereocenters. The average molecular weight is 245 g/mol. The summed E-state index contributed by atoms with van der Waals surface area (Å²) in [5.74, 6) is 0.157. The van der Waals surface area contributed by atoms with Crippen LogP contribution in [0.15, 0.2) is 30.3 Å². The van der Waals surface area contributed by atoms with Crippen molar-refractivity contribution < 1.29 is 9.53 Å². The van der Waals surface area contributed by atoms with E-state index in [0.717, 1.165) is 37.9 Å². The van der Waals surface area contributed by atoms with Crippen LogP contribution in [0.2, 0.25) is 0 Å². The van der Waals surface area contributed by atoms with Crippen LogP contribution in [0.4, 0.5) is 0 Å². The van der Waals surface area contributed by atoms with Gasteiger partial charge in [0.05, 0.1) is 5.92 Å². The number of esters is 1. The zero-order valence-electron chi connectivity index (χ0n) is 10.5. The number of piperidine rings is 1. The van der Waals surface area contributed by atoms with Crippen LogP contribution in [0, 0.1) is 11.3 Å². The topological polar surface area (TPSA) is 38.3 Å². The molecule has 1 saturated carbocycles. The van der Waals surface area contributed by atoms with Crippen molar-refractivity contribution in [1.29, 1.82) is 0 Å². The van der Waals surface area contributed by atoms with Gasteiger partial charge in [-0.3, -0.25) is 4.79 Å². The van der Waals surface area contributed by atoms with Crippen LogP contribution in [0.3, 0.4) is 0 Å². The van der Waals surface area contributed by atoms with E-state index in [9.17, 15) is 4.79 Å². The molecule has 1 aliphatic heterocycles. The SMILES string of the molecule is O=C(OCc1ccccc1)[C@H]1CC12CCNCC2. The maximum absolute atomic E-state index is 12.0. The zero-order valence-corrected chi connectivity index (χ0v) is 10.5. The lowest BCUT2D eigenvalue weighted by Gasteiger charge is -2.22. The Labute approximate surface area is 108 Å². The number of carbonyl (C=O) groups is 1. The summed E-state index contributed by atoms with van der Waals surface area (Å²) in [6, 6.07) is 9.88. The molecule has 3 heteroatoms. The lowest BCUT2D eigenvalue weighted by atomic mass is 9.92. The first-order valence-electron chi connectivity index (χ1n) is 6.71. The van der Waals surface area contributed by atoms with E-state index < -0.39 is 0 Å². The molecule has 2 fully saturated rings. The van der Waals surface area contributed by atoms with E-state index in [1.165, 1.54) is 0 Å². The molecule has 1 aromatic carbocycles. The molecular weight excluding hydrogens is 226 g/mol. The minimum absolute atomic E-state index is 0.000697. The van der Waals surface area contributed by atoms with Gasteiger partial charge in [-0.2, -0.15) is 0 Å². The third kappa shape index (κ3) is 2.27. The van der Waals surface area contributed by atoms with E-state index >= 15 is 0 Å². The highest BCUT2D eigenvalue weighted by Crippen LogP contribution is 2.59. The monoisotopic (exact) mass is 245 g/mol. The van der Waals surface area contributed by atoms with Crippen LogP contribution in [0.5, 0.6) is 0 Å². The van der Waals surface area contributed by atoms with Crippen molar-refractivity contribution in [2.75, 3.05) is 13.1 Å². The van der Waals surface area contributed by atoms with Crippen LogP contribution in [0.1, 0.15) is 24.8 Å². The fourth-order valence-electron chi connectivity index (χ4n) is 2.99. The minimum atomic E-state index is 0.000697. The predicted octanol–water partition coefficient (Wildman–Crippen LogP) is 2.12. The summed E-state index contributed by atoms with van der Waals surface area (Å²) in [5.41, 5.74) is 1.34. The number of ether oxygens (including phenoxy) is 1. The van der Waals surface area contributed by atoms with Crippen molar-refractivity contribution in [3.63, 3.8) is 0 Å². The van der Waals surface area contributed by atoms with Crippen LogP contribution < -0.4 is 5.32 Å². The highest BCUT2D eigenvalue weighted by Gasteiger charge is 2.58. The smallest absolute Gasteiger partial charge is 0.309 e. The summed E-state index contributed by atoms with van der Waals surface area (Å²) >= 11 is 0. The molecule has 2 aliphatic rings. The normalized spacial score (nSPS) is 24.8. The van der Waals surface area contributed by atoms with Gasteiger partial charge in [0.25, 0.3) is 0 Å². The van der Waals surface area contributed by atoms with Gasteiger partial charge in [-0.1, -0.05) is 30.3 Å². The van der Waals surface area contributed by atoms with Crippen molar-refractivity contribution in [1.82, 2.24) is 5.32 Å². The molecule has 1 aromatic rings. The van der Waals surface area contributed by atoms with Gasteiger partial charge in [-0.15, -0.1) is 0 Å². The van der Waals surface area contributed by atoms with E-state index in [-0.39, 0.29) is 17.3 Å². The molecule has 3 rings (SSSR count). The molecule has 3 nitrogen and oxygen atoms in total. The maximum Gasteiger partial charge on any atom is 0.309 e. The van der Waals surface area contributed by atoms with Crippen LogP contribution in [-0.4, -0.2) is 19.1 Å². The van der Waals surface area contributed by atoms with Gasteiger partial charge < -0.3 is 10.1 Å². The molecular formula is C15H19NO2. The summed E-state index contributed by atoms with van der Waals surface area (Å²) in [6.07, 6.45) is 3.28. The second-order valence-corrected chi connectivity index (χ2v) is 5.46. The molecule has 0 unspecified atom stereocenters. The number of rotatable bonds is 3. The Kier molecular flexibility index (Phi) is 3.08. The largest absolute Gasteiger partial charge is 0.461 e. The molecule has 1 heterocycles. The molecule has 18 heavy (non-hydrogen) atoms. The van der Waals surface area contributed by atoms with Gasteiger partial charge in [0, 0.05) is 0 Å². The first-order valence-corrected chi connectivity index (χ1v) is 6.71. The second kappa shape index (κ2) is 4.73. The minimum Gasteiger partial charge on any atom is -0.461 e. The number of carbonyl (C=O) groups excluding carboxylic acids is 1. The van der Waals surface area contributed by atoms with Crippen molar-refractivity contribution >= 4 is 5.97 Å². The fraction of sp³-hybridized carbons (Fsp3) is 0.533. The third-order valence-corrected chi connectivity index (χ3v) is 4.30. The zero-order chi connectivity index (χ0) is 12.4. The van der Waals surface area contributed by atoms with Gasteiger partial charge >= 0.3 is 5.97 Å². The van der Waals surface area contributed by atoms with Gasteiger partial charge in [0.1, 0.15) is 6.61 Å². The summed E-state index contributed by atoms with van der Waals surface area (Å²) in [7, 11) is 0. The van der Waals surface area contributed by atoms with Crippen LogP contribution in [0.25, 0.3) is 0 Å². The van der Waals surface area contributed by atoms with E-state index in [1.807, 2.05) is 30.3 Å². The van der Waals surface area contributed by atoms with Gasteiger partial charge in [0.15, 0.2) is 0 Å². The summed E-state index contributed by atoms with van der Waals surface area (Å²) in [5, 5.41) is 3.35. The number of benzene rings is 1. The highest BCUT2D eigenvalue weighted by molar-refractivity contribution is 5.77. The molecule has 1 N–H and O–H groups in total. The third-order valence-electron chi connectivity index (χ3n) is 4.30. The predicted molar refractivity (Wildman–Crippen MR) is 68.9 cm³/mol. The Hall–Kier alpha value is -1.35. The quantitative estimate of drug-likeness (QED) is 0.829. The standard InChI is InChI=1S/C15H19NO2/c17-14(18-11-12-4-2-1-3-5-12)13-10-15(13)6-8-16-9-7-15/h1-5,13,16H,6-11H2/t13-/m1/s1. The molecule has 1 saturated heterocycles. The van der Waals surface area contributed by atoms with E-state index in [2.05, 4.69) is 5.32 Å². The van der Waals surface area contributed by atoms with Crippen LogP contribution in [-0.2, 0) is 16.1 Å². The summed E-state index contributed by atoms with van der Waals surface area (Å²) < 4.78 is 5.42. The second-order valence-electron chi connectivity index (χ2n) is 5.46. The first kappa shape index (κ1) is 11.7. The number of nitrogens with one attached hydrogen (secondary N) is 1. The van der Waals surface area contributed by atoms with Gasteiger partial charge in [-0.05, 0) is 43.3 Å². The van der Waals surface area contributed by atoms with Crippen molar-refractivity contribution in [2.24, 2.45) is 11.3 Å². The van der Waals surface area contributed by atoms with Crippen molar-refractivity contribution in [2.45, 2.75) is 25.9 Å². The molecule has 0 aromatic heterocycles. The first-order chi connectivity index (χ1) is 8.80.